The molecule has 1 aliphatic rings. The Hall–Kier alpha value is -1.15. The minimum Gasteiger partial charge on any atom is -0.315 e. The zero-order valence-electron chi connectivity index (χ0n) is 12.8. The highest BCUT2D eigenvalue weighted by Crippen LogP contribution is 2.34. The predicted molar refractivity (Wildman–Crippen MR) is 84.1 cm³/mol. The number of carbonyl (C=O) groups excluding carboxylic acids is 1. The van der Waals surface area contributed by atoms with E-state index in [9.17, 15) is 4.79 Å². The van der Waals surface area contributed by atoms with Crippen LogP contribution >= 0.6 is 0 Å². The Morgan fingerprint density at radius 2 is 2.15 bits per heavy atom. The minimum absolute atomic E-state index is 0.428. The number of fused-ring (bicyclic) bond motifs is 1. The molecule has 20 heavy (non-hydrogen) atoms. The molecule has 0 bridgehead atoms. The van der Waals surface area contributed by atoms with Crippen molar-refractivity contribution in [3.63, 3.8) is 0 Å². The first kappa shape index (κ1) is 15.2. The number of nitrogens with one attached hydrogen (secondary N) is 1. The summed E-state index contributed by atoms with van der Waals surface area (Å²) in [6, 6.07) is 9.16. The van der Waals surface area contributed by atoms with E-state index in [2.05, 4.69) is 43.4 Å². The van der Waals surface area contributed by atoms with Crippen molar-refractivity contribution >= 4 is 5.78 Å². The van der Waals surface area contributed by atoms with Crippen LogP contribution in [0, 0.1) is 0 Å². The Morgan fingerprint density at radius 3 is 2.95 bits per heavy atom. The molecule has 1 aromatic rings. The molecule has 0 saturated heterocycles. The van der Waals surface area contributed by atoms with Gasteiger partial charge in [-0.25, -0.2) is 0 Å². The van der Waals surface area contributed by atoms with E-state index in [-0.39, 0.29) is 0 Å². The molecular weight excluding hydrogens is 246 g/mol. The summed E-state index contributed by atoms with van der Waals surface area (Å²) in [6.45, 7) is 5.23. The number of hydrogen-bond donors (Lipinski definition) is 1. The Morgan fingerprint density at radius 1 is 1.35 bits per heavy atom. The molecule has 0 radical (unpaired) electrons. The highest BCUT2D eigenvalue weighted by Gasteiger charge is 2.21. The van der Waals surface area contributed by atoms with Gasteiger partial charge in [0.1, 0.15) is 5.78 Å². The first-order valence-electron chi connectivity index (χ1n) is 7.99. The van der Waals surface area contributed by atoms with Crippen LogP contribution in [0.5, 0.6) is 0 Å². The van der Waals surface area contributed by atoms with E-state index >= 15 is 0 Å². The highest BCUT2D eigenvalue weighted by atomic mass is 16.1. The molecule has 2 nitrogen and oxygen atoms in total. The number of aryl methyl sites for hydroxylation is 1. The van der Waals surface area contributed by atoms with Crippen molar-refractivity contribution in [3.8, 4) is 0 Å². The lowest BCUT2D eigenvalue weighted by Crippen LogP contribution is -2.24. The molecule has 1 unspecified atom stereocenters. The molecule has 110 valence electrons. The van der Waals surface area contributed by atoms with Crippen molar-refractivity contribution in [2.24, 2.45) is 0 Å². The van der Waals surface area contributed by atoms with E-state index in [0.717, 1.165) is 25.8 Å². The molecule has 0 heterocycles. The molecule has 0 spiro atoms. The van der Waals surface area contributed by atoms with Gasteiger partial charge in [0, 0.05) is 18.9 Å². The fraction of sp³-hybridized carbons (Fsp3) is 0.611. The summed E-state index contributed by atoms with van der Waals surface area (Å²) in [7, 11) is 0. The average molecular weight is 273 g/mol. The standard InChI is InChI=1S/C18H27NO/c1-14(2)19-12-6-10-17(20)13-16-9-5-8-15-7-3-4-11-18(15)16/h3-4,7,11,14,16,19H,5-6,8-10,12-13H2,1-2H3. The zero-order valence-corrected chi connectivity index (χ0v) is 12.8. The van der Waals surface area contributed by atoms with Gasteiger partial charge in [0.05, 0.1) is 0 Å². The number of carbonyl (C=O) groups is 1. The summed E-state index contributed by atoms with van der Waals surface area (Å²) in [6.07, 6.45) is 6.00. The first-order chi connectivity index (χ1) is 9.66. The van der Waals surface area contributed by atoms with Gasteiger partial charge in [0.25, 0.3) is 0 Å². The van der Waals surface area contributed by atoms with Crippen LogP contribution in [0.3, 0.4) is 0 Å². The number of hydrogen-bond acceptors (Lipinski definition) is 2. The van der Waals surface area contributed by atoms with Crippen LogP contribution in [0.4, 0.5) is 0 Å². The SMILES string of the molecule is CC(C)NCCCC(=O)CC1CCCc2ccccc21. The van der Waals surface area contributed by atoms with E-state index in [1.807, 2.05) is 0 Å². The number of ketones is 1. The monoisotopic (exact) mass is 273 g/mol. The van der Waals surface area contributed by atoms with Crippen molar-refractivity contribution in [1.29, 1.82) is 0 Å². The highest BCUT2D eigenvalue weighted by molar-refractivity contribution is 5.79. The van der Waals surface area contributed by atoms with Crippen molar-refractivity contribution < 1.29 is 4.79 Å². The van der Waals surface area contributed by atoms with Crippen LogP contribution in [0.1, 0.15) is 63.0 Å². The third kappa shape index (κ3) is 4.45. The molecule has 1 aromatic carbocycles. The minimum atomic E-state index is 0.428. The van der Waals surface area contributed by atoms with Crippen LogP contribution in [-0.4, -0.2) is 18.4 Å². The van der Waals surface area contributed by atoms with E-state index in [1.54, 1.807) is 0 Å². The fourth-order valence-corrected chi connectivity index (χ4v) is 3.12. The fourth-order valence-electron chi connectivity index (χ4n) is 3.12. The van der Waals surface area contributed by atoms with Gasteiger partial charge in [-0.2, -0.15) is 0 Å². The van der Waals surface area contributed by atoms with Gasteiger partial charge in [-0.15, -0.1) is 0 Å². The van der Waals surface area contributed by atoms with Crippen LogP contribution in [-0.2, 0) is 11.2 Å². The zero-order chi connectivity index (χ0) is 14.4. The third-order valence-corrected chi connectivity index (χ3v) is 4.15. The van der Waals surface area contributed by atoms with E-state index in [1.165, 1.54) is 30.4 Å². The Bertz CT molecular complexity index is 439. The summed E-state index contributed by atoms with van der Waals surface area (Å²) in [4.78, 5) is 12.1. The van der Waals surface area contributed by atoms with Crippen LogP contribution in [0.25, 0.3) is 0 Å². The summed E-state index contributed by atoms with van der Waals surface area (Å²) in [5.74, 6) is 0.891. The van der Waals surface area contributed by atoms with Crippen molar-refractivity contribution in [2.75, 3.05) is 6.54 Å². The smallest absolute Gasteiger partial charge is 0.133 e. The van der Waals surface area contributed by atoms with Gasteiger partial charge in [-0.05, 0) is 49.3 Å². The van der Waals surface area contributed by atoms with Gasteiger partial charge in [0.2, 0.25) is 0 Å². The summed E-state index contributed by atoms with van der Waals surface area (Å²) >= 11 is 0. The van der Waals surface area contributed by atoms with Crippen LogP contribution in [0.2, 0.25) is 0 Å². The normalized spacial score (nSPS) is 18.1. The number of benzene rings is 1. The molecule has 2 heteroatoms. The average Bonchev–Trinajstić information content (AvgIpc) is 2.44. The second kappa shape index (κ2) is 7.58. The lowest BCUT2D eigenvalue weighted by molar-refractivity contribution is -0.119. The van der Waals surface area contributed by atoms with Gasteiger partial charge in [-0.1, -0.05) is 38.1 Å². The Kier molecular flexibility index (Phi) is 5.78. The molecular formula is C18H27NO. The van der Waals surface area contributed by atoms with Gasteiger partial charge in [-0.3, -0.25) is 4.79 Å². The number of Topliss-reactive ketones (excluding diaryl/α,β-unsaturated/α-hetero) is 1. The molecule has 0 aromatic heterocycles. The molecule has 0 saturated carbocycles. The molecule has 2 rings (SSSR count). The van der Waals surface area contributed by atoms with Gasteiger partial charge >= 0.3 is 0 Å². The molecule has 1 N–H and O–H groups in total. The quantitative estimate of drug-likeness (QED) is 0.765. The van der Waals surface area contributed by atoms with Crippen LogP contribution < -0.4 is 5.32 Å². The molecule has 1 atom stereocenters. The molecule has 1 aliphatic carbocycles. The van der Waals surface area contributed by atoms with Gasteiger partial charge in [0.15, 0.2) is 0 Å². The van der Waals surface area contributed by atoms with Crippen LogP contribution in [0.15, 0.2) is 24.3 Å². The maximum absolute atomic E-state index is 12.1. The lowest BCUT2D eigenvalue weighted by Gasteiger charge is -2.25. The Balaban J connectivity index is 1.80. The molecule has 0 amide bonds. The number of rotatable bonds is 7. The molecule has 0 fully saturated rings. The first-order valence-corrected chi connectivity index (χ1v) is 7.99. The maximum atomic E-state index is 12.1. The second-order valence-electron chi connectivity index (χ2n) is 6.24. The van der Waals surface area contributed by atoms with Crippen molar-refractivity contribution in [2.45, 2.75) is 64.3 Å². The van der Waals surface area contributed by atoms with E-state index < -0.39 is 0 Å². The summed E-state index contributed by atoms with van der Waals surface area (Å²) < 4.78 is 0. The van der Waals surface area contributed by atoms with Crippen molar-refractivity contribution in [1.82, 2.24) is 5.32 Å². The molecule has 0 aliphatic heterocycles. The van der Waals surface area contributed by atoms with E-state index in [0.29, 0.717) is 17.7 Å². The largest absolute Gasteiger partial charge is 0.315 e. The van der Waals surface area contributed by atoms with Gasteiger partial charge < -0.3 is 5.32 Å². The van der Waals surface area contributed by atoms with Crippen molar-refractivity contribution in [3.05, 3.63) is 35.4 Å². The Labute approximate surface area is 123 Å². The predicted octanol–water partition coefficient (Wildman–Crippen LogP) is 3.84. The third-order valence-electron chi connectivity index (χ3n) is 4.15. The summed E-state index contributed by atoms with van der Waals surface area (Å²) in [5, 5.41) is 3.37. The van der Waals surface area contributed by atoms with E-state index in [4.69, 9.17) is 0 Å². The maximum Gasteiger partial charge on any atom is 0.133 e. The second-order valence-corrected chi connectivity index (χ2v) is 6.24. The summed E-state index contributed by atoms with van der Waals surface area (Å²) in [5.41, 5.74) is 2.88. The topological polar surface area (TPSA) is 29.1 Å². The lowest BCUT2D eigenvalue weighted by atomic mass is 9.80.